The summed E-state index contributed by atoms with van der Waals surface area (Å²) in [5, 5.41) is 3.91. The number of carbonyl (C=O) groups is 1. The zero-order valence-electron chi connectivity index (χ0n) is 10.2. The van der Waals surface area contributed by atoms with Gasteiger partial charge in [0.25, 0.3) is 5.95 Å². The standard InChI is InChI=1S/C11H17N3O3/c1-3-9(15)8(2)10-12-11(13-17-10)14-4-6-16-7-5-14/h8H,3-7H2,1-2H3. The topological polar surface area (TPSA) is 68.5 Å². The number of hydrogen-bond acceptors (Lipinski definition) is 6. The Bertz CT molecular complexity index is 385. The van der Waals surface area contributed by atoms with Crippen LogP contribution in [0.1, 0.15) is 32.1 Å². The molecule has 6 nitrogen and oxygen atoms in total. The van der Waals surface area contributed by atoms with Crippen molar-refractivity contribution in [2.45, 2.75) is 26.2 Å². The number of ketones is 1. The molecule has 2 heterocycles. The van der Waals surface area contributed by atoms with Gasteiger partial charge in [0, 0.05) is 19.5 Å². The van der Waals surface area contributed by atoms with Crippen LogP contribution >= 0.6 is 0 Å². The molecule has 1 aromatic heterocycles. The average molecular weight is 239 g/mol. The number of carbonyl (C=O) groups excluding carboxylic acids is 1. The first-order valence-corrected chi connectivity index (χ1v) is 5.91. The summed E-state index contributed by atoms with van der Waals surface area (Å²) in [6.07, 6.45) is 0.483. The van der Waals surface area contributed by atoms with Crippen molar-refractivity contribution in [3.63, 3.8) is 0 Å². The van der Waals surface area contributed by atoms with Gasteiger partial charge in [0.1, 0.15) is 5.78 Å². The molecule has 0 radical (unpaired) electrons. The van der Waals surface area contributed by atoms with Crippen molar-refractivity contribution in [1.29, 1.82) is 0 Å². The van der Waals surface area contributed by atoms with E-state index in [1.165, 1.54) is 0 Å². The van der Waals surface area contributed by atoms with Crippen LogP contribution < -0.4 is 4.90 Å². The van der Waals surface area contributed by atoms with Crippen LogP contribution in [-0.4, -0.2) is 42.2 Å². The predicted molar refractivity (Wildman–Crippen MR) is 61.0 cm³/mol. The van der Waals surface area contributed by atoms with E-state index < -0.39 is 0 Å². The lowest BCUT2D eigenvalue weighted by Gasteiger charge is -2.24. The number of aromatic nitrogens is 2. The van der Waals surface area contributed by atoms with Crippen LogP contribution in [0.5, 0.6) is 0 Å². The number of hydrogen-bond donors (Lipinski definition) is 0. The Kier molecular flexibility index (Phi) is 3.73. The van der Waals surface area contributed by atoms with Crippen LogP contribution in [0.15, 0.2) is 4.52 Å². The lowest BCUT2D eigenvalue weighted by atomic mass is 10.1. The Labute approximate surface area is 99.9 Å². The maximum absolute atomic E-state index is 11.5. The first-order chi connectivity index (χ1) is 8.22. The van der Waals surface area contributed by atoms with Crippen LogP contribution in [0.3, 0.4) is 0 Å². The zero-order chi connectivity index (χ0) is 12.3. The summed E-state index contributed by atoms with van der Waals surface area (Å²) in [6, 6.07) is 0. The Balaban J connectivity index is 2.06. The van der Waals surface area contributed by atoms with Crippen molar-refractivity contribution in [3.05, 3.63) is 5.89 Å². The number of Topliss-reactive ketones (excluding diaryl/α,β-unsaturated/α-hetero) is 1. The van der Waals surface area contributed by atoms with Crippen molar-refractivity contribution >= 4 is 11.7 Å². The molecule has 1 aliphatic rings. The van der Waals surface area contributed by atoms with Gasteiger partial charge in [0.05, 0.1) is 19.1 Å². The second-order valence-electron chi connectivity index (χ2n) is 4.07. The highest BCUT2D eigenvalue weighted by Gasteiger charge is 2.23. The highest BCUT2D eigenvalue weighted by molar-refractivity contribution is 5.84. The SMILES string of the molecule is CCC(=O)C(C)c1nc(N2CCOCC2)no1. The fraction of sp³-hybridized carbons (Fsp3) is 0.727. The molecule has 94 valence electrons. The smallest absolute Gasteiger partial charge is 0.266 e. The van der Waals surface area contributed by atoms with Gasteiger partial charge >= 0.3 is 0 Å². The second kappa shape index (κ2) is 5.27. The fourth-order valence-corrected chi connectivity index (χ4v) is 1.74. The summed E-state index contributed by atoms with van der Waals surface area (Å²) in [6.45, 7) is 6.49. The zero-order valence-corrected chi connectivity index (χ0v) is 10.2. The lowest BCUT2D eigenvalue weighted by molar-refractivity contribution is -0.120. The van der Waals surface area contributed by atoms with Gasteiger partial charge in [0.15, 0.2) is 0 Å². The highest BCUT2D eigenvalue weighted by atomic mass is 16.5. The van der Waals surface area contributed by atoms with Gasteiger partial charge in [-0.2, -0.15) is 4.98 Å². The monoisotopic (exact) mass is 239 g/mol. The molecule has 6 heteroatoms. The lowest BCUT2D eigenvalue weighted by Crippen LogP contribution is -2.36. The quantitative estimate of drug-likeness (QED) is 0.780. The molecule has 1 unspecified atom stereocenters. The molecular weight excluding hydrogens is 222 g/mol. The first kappa shape index (κ1) is 12.0. The molecule has 1 aromatic rings. The molecule has 1 aliphatic heterocycles. The molecule has 0 aromatic carbocycles. The highest BCUT2D eigenvalue weighted by Crippen LogP contribution is 2.19. The van der Waals surface area contributed by atoms with Crippen molar-refractivity contribution in [3.8, 4) is 0 Å². The third kappa shape index (κ3) is 2.63. The number of rotatable bonds is 4. The Morgan fingerprint density at radius 1 is 1.47 bits per heavy atom. The summed E-state index contributed by atoms with van der Waals surface area (Å²) in [7, 11) is 0. The molecule has 0 N–H and O–H groups in total. The number of nitrogens with zero attached hydrogens (tertiary/aromatic N) is 3. The van der Waals surface area contributed by atoms with E-state index in [1.807, 2.05) is 11.8 Å². The molecule has 0 aliphatic carbocycles. The largest absolute Gasteiger partial charge is 0.378 e. The predicted octanol–water partition coefficient (Wildman–Crippen LogP) is 0.989. The van der Waals surface area contributed by atoms with Gasteiger partial charge < -0.3 is 14.2 Å². The second-order valence-corrected chi connectivity index (χ2v) is 4.07. The minimum atomic E-state index is -0.317. The van der Waals surface area contributed by atoms with Gasteiger partial charge in [-0.05, 0) is 12.1 Å². The maximum atomic E-state index is 11.5. The Morgan fingerprint density at radius 3 is 2.82 bits per heavy atom. The fourth-order valence-electron chi connectivity index (χ4n) is 1.74. The van der Waals surface area contributed by atoms with E-state index in [2.05, 4.69) is 10.1 Å². The van der Waals surface area contributed by atoms with E-state index >= 15 is 0 Å². The molecule has 17 heavy (non-hydrogen) atoms. The van der Waals surface area contributed by atoms with E-state index in [4.69, 9.17) is 9.26 Å². The molecule has 1 saturated heterocycles. The normalized spacial score (nSPS) is 18.1. The molecule has 0 bridgehead atoms. The summed E-state index contributed by atoms with van der Waals surface area (Å²) in [4.78, 5) is 17.8. The minimum absolute atomic E-state index is 0.113. The van der Waals surface area contributed by atoms with Crippen LogP contribution in [0.25, 0.3) is 0 Å². The van der Waals surface area contributed by atoms with Gasteiger partial charge in [-0.1, -0.05) is 6.92 Å². The number of morpholine rings is 1. The molecule has 1 atom stereocenters. The van der Waals surface area contributed by atoms with E-state index in [0.29, 0.717) is 31.5 Å². The van der Waals surface area contributed by atoms with E-state index in [1.54, 1.807) is 6.92 Å². The first-order valence-electron chi connectivity index (χ1n) is 5.91. The average Bonchev–Trinajstić information content (AvgIpc) is 2.87. The van der Waals surface area contributed by atoms with Crippen molar-refractivity contribution in [2.24, 2.45) is 0 Å². The molecule has 2 rings (SSSR count). The van der Waals surface area contributed by atoms with Crippen molar-refractivity contribution in [2.75, 3.05) is 31.2 Å². The number of ether oxygens (including phenoxy) is 1. The van der Waals surface area contributed by atoms with Gasteiger partial charge in [0.2, 0.25) is 5.89 Å². The minimum Gasteiger partial charge on any atom is -0.378 e. The molecule has 0 amide bonds. The van der Waals surface area contributed by atoms with Crippen LogP contribution in [0.4, 0.5) is 5.95 Å². The van der Waals surface area contributed by atoms with E-state index in [-0.39, 0.29) is 11.7 Å². The van der Waals surface area contributed by atoms with Gasteiger partial charge in [-0.15, -0.1) is 0 Å². The summed E-state index contributed by atoms with van der Waals surface area (Å²) in [5.74, 6) is 0.752. The van der Waals surface area contributed by atoms with E-state index in [9.17, 15) is 4.79 Å². The van der Waals surface area contributed by atoms with Crippen molar-refractivity contribution < 1.29 is 14.1 Å². The molecule has 0 spiro atoms. The molecule has 1 fully saturated rings. The third-order valence-corrected chi connectivity index (χ3v) is 2.93. The van der Waals surface area contributed by atoms with Gasteiger partial charge in [-0.25, -0.2) is 0 Å². The maximum Gasteiger partial charge on any atom is 0.266 e. The third-order valence-electron chi connectivity index (χ3n) is 2.93. The van der Waals surface area contributed by atoms with Crippen LogP contribution in [0, 0.1) is 0 Å². The summed E-state index contributed by atoms with van der Waals surface area (Å²) < 4.78 is 10.4. The summed E-state index contributed by atoms with van der Waals surface area (Å²) in [5.41, 5.74) is 0. The van der Waals surface area contributed by atoms with Crippen molar-refractivity contribution in [1.82, 2.24) is 10.1 Å². The molecule has 0 saturated carbocycles. The Hall–Kier alpha value is -1.43. The van der Waals surface area contributed by atoms with Crippen LogP contribution in [0.2, 0.25) is 0 Å². The summed E-state index contributed by atoms with van der Waals surface area (Å²) >= 11 is 0. The number of anilines is 1. The van der Waals surface area contributed by atoms with E-state index in [0.717, 1.165) is 13.1 Å². The Morgan fingerprint density at radius 2 is 2.18 bits per heavy atom. The molecular formula is C11H17N3O3. The van der Waals surface area contributed by atoms with Gasteiger partial charge in [-0.3, -0.25) is 4.79 Å². The van der Waals surface area contributed by atoms with Crippen LogP contribution in [-0.2, 0) is 9.53 Å².